The highest BCUT2D eigenvalue weighted by molar-refractivity contribution is 6.31. The molecule has 0 saturated carbocycles. The van der Waals surface area contributed by atoms with Crippen LogP contribution in [0.5, 0.6) is 0 Å². The number of halogens is 1. The van der Waals surface area contributed by atoms with Gasteiger partial charge in [0.05, 0.1) is 24.9 Å². The van der Waals surface area contributed by atoms with E-state index in [0.29, 0.717) is 28.4 Å². The van der Waals surface area contributed by atoms with Gasteiger partial charge in [0.25, 0.3) is 0 Å². The fourth-order valence-electron chi connectivity index (χ4n) is 3.29. The number of hydroxylamine groups is 2. The highest BCUT2D eigenvalue weighted by atomic mass is 35.5. The molecule has 0 spiro atoms. The van der Waals surface area contributed by atoms with Gasteiger partial charge in [0, 0.05) is 30.9 Å². The number of benzene rings is 2. The zero-order valence-electron chi connectivity index (χ0n) is 17.7. The number of furan rings is 1. The molecular formula is C23H22ClN3O5. The zero-order chi connectivity index (χ0) is 22.7. The van der Waals surface area contributed by atoms with Crippen LogP contribution in [-0.2, 0) is 29.3 Å². The Morgan fingerprint density at radius 1 is 1.09 bits per heavy atom. The van der Waals surface area contributed by atoms with Gasteiger partial charge in [0.1, 0.15) is 12.3 Å². The van der Waals surface area contributed by atoms with E-state index in [1.807, 2.05) is 43.3 Å². The number of hydrogen-bond acceptors (Lipinski definition) is 7. The monoisotopic (exact) mass is 455 g/mol. The van der Waals surface area contributed by atoms with E-state index in [1.165, 1.54) is 15.7 Å². The standard InChI is InChI=1S/C23H22ClN3O5/c1-25(2)18-8-5-16(6-9-18)13-26(14-19-4-3-11-30-19)32-22(28)15-27-20-10-7-17(24)12-21(20)31-23(27)29/h3-12H,13-15H2,1-2H3. The average Bonchev–Trinajstić information content (AvgIpc) is 3.36. The number of aromatic nitrogens is 1. The number of nitrogens with zero attached hydrogens (tertiary/aromatic N) is 3. The van der Waals surface area contributed by atoms with Crippen LogP contribution < -0.4 is 10.7 Å². The van der Waals surface area contributed by atoms with Gasteiger partial charge < -0.3 is 18.6 Å². The molecule has 0 saturated heterocycles. The van der Waals surface area contributed by atoms with Crippen LogP contribution in [0, 0.1) is 0 Å². The minimum atomic E-state index is -0.656. The van der Waals surface area contributed by atoms with E-state index in [9.17, 15) is 9.59 Å². The van der Waals surface area contributed by atoms with E-state index in [2.05, 4.69) is 0 Å². The van der Waals surface area contributed by atoms with Crippen molar-refractivity contribution in [2.75, 3.05) is 19.0 Å². The van der Waals surface area contributed by atoms with Crippen molar-refractivity contribution in [1.82, 2.24) is 9.63 Å². The number of rotatable bonds is 8. The van der Waals surface area contributed by atoms with Gasteiger partial charge in [-0.05, 0) is 42.0 Å². The average molecular weight is 456 g/mol. The van der Waals surface area contributed by atoms with E-state index in [4.69, 9.17) is 25.3 Å². The van der Waals surface area contributed by atoms with Crippen LogP contribution in [0.15, 0.2) is 74.5 Å². The highest BCUT2D eigenvalue weighted by Crippen LogP contribution is 2.19. The maximum Gasteiger partial charge on any atom is 0.420 e. The number of carbonyl (C=O) groups is 1. The van der Waals surface area contributed by atoms with Crippen LogP contribution in [0.4, 0.5) is 5.69 Å². The number of anilines is 1. The zero-order valence-corrected chi connectivity index (χ0v) is 18.4. The van der Waals surface area contributed by atoms with Gasteiger partial charge in [-0.3, -0.25) is 4.57 Å². The Morgan fingerprint density at radius 2 is 1.88 bits per heavy atom. The van der Waals surface area contributed by atoms with Crippen molar-refractivity contribution in [3.05, 3.63) is 87.8 Å². The van der Waals surface area contributed by atoms with Crippen LogP contribution in [0.3, 0.4) is 0 Å². The van der Waals surface area contributed by atoms with Crippen molar-refractivity contribution in [1.29, 1.82) is 0 Å². The second kappa shape index (κ2) is 9.33. The number of oxazole rings is 1. The van der Waals surface area contributed by atoms with Gasteiger partial charge in [-0.1, -0.05) is 23.7 Å². The Balaban J connectivity index is 1.51. The largest absolute Gasteiger partial charge is 0.468 e. The number of hydrogen-bond donors (Lipinski definition) is 0. The Hall–Kier alpha value is -3.49. The van der Waals surface area contributed by atoms with Crippen LogP contribution in [0.1, 0.15) is 11.3 Å². The quantitative estimate of drug-likeness (QED) is 0.370. The summed E-state index contributed by atoms with van der Waals surface area (Å²) in [6.45, 7) is 0.295. The van der Waals surface area contributed by atoms with Crippen molar-refractivity contribution in [3.63, 3.8) is 0 Å². The van der Waals surface area contributed by atoms with E-state index in [-0.39, 0.29) is 13.1 Å². The second-order valence-electron chi connectivity index (χ2n) is 7.47. The molecule has 9 heteroatoms. The Kier molecular flexibility index (Phi) is 6.34. The van der Waals surface area contributed by atoms with Crippen molar-refractivity contribution in [2.45, 2.75) is 19.6 Å². The molecule has 0 amide bonds. The summed E-state index contributed by atoms with van der Waals surface area (Å²) in [6.07, 6.45) is 1.56. The normalized spacial score (nSPS) is 11.2. The maximum absolute atomic E-state index is 12.7. The summed E-state index contributed by atoms with van der Waals surface area (Å²) in [4.78, 5) is 32.5. The summed E-state index contributed by atoms with van der Waals surface area (Å²) in [5.41, 5.74) is 2.79. The van der Waals surface area contributed by atoms with Crippen molar-refractivity contribution in [2.24, 2.45) is 0 Å². The molecule has 0 aliphatic rings. The Bertz CT molecular complexity index is 1260. The lowest BCUT2D eigenvalue weighted by Crippen LogP contribution is -2.30. The second-order valence-corrected chi connectivity index (χ2v) is 7.90. The Morgan fingerprint density at radius 3 is 2.56 bits per heavy atom. The first kappa shape index (κ1) is 21.7. The topological polar surface area (TPSA) is 81.1 Å². The van der Waals surface area contributed by atoms with Gasteiger partial charge in [-0.15, -0.1) is 5.06 Å². The summed E-state index contributed by atoms with van der Waals surface area (Å²) in [7, 11) is 3.94. The third-order valence-electron chi connectivity index (χ3n) is 4.87. The molecule has 0 bridgehead atoms. The molecule has 166 valence electrons. The molecule has 0 fully saturated rings. The fraction of sp³-hybridized carbons (Fsp3) is 0.217. The summed E-state index contributed by atoms with van der Waals surface area (Å²) in [5, 5.41) is 1.93. The first-order chi connectivity index (χ1) is 15.4. The molecule has 32 heavy (non-hydrogen) atoms. The van der Waals surface area contributed by atoms with Crippen molar-refractivity contribution < 1.29 is 18.5 Å². The van der Waals surface area contributed by atoms with Gasteiger partial charge in [0.15, 0.2) is 5.58 Å². The van der Waals surface area contributed by atoms with Gasteiger partial charge >= 0.3 is 11.7 Å². The molecule has 0 N–H and O–H groups in total. The van der Waals surface area contributed by atoms with E-state index >= 15 is 0 Å². The van der Waals surface area contributed by atoms with E-state index < -0.39 is 11.7 Å². The van der Waals surface area contributed by atoms with Crippen molar-refractivity contribution in [3.8, 4) is 0 Å². The predicted octanol–water partition coefficient (Wildman–Crippen LogP) is 4.07. The van der Waals surface area contributed by atoms with Gasteiger partial charge in [-0.2, -0.15) is 0 Å². The molecule has 4 rings (SSSR count). The summed E-state index contributed by atoms with van der Waals surface area (Å²) in [6, 6.07) is 16.3. The molecule has 2 aromatic heterocycles. The first-order valence-electron chi connectivity index (χ1n) is 9.92. The molecule has 0 aliphatic heterocycles. The van der Waals surface area contributed by atoms with Crippen LogP contribution in [0.2, 0.25) is 5.02 Å². The fourth-order valence-corrected chi connectivity index (χ4v) is 3.45. The SMILES string of the molecule is CN(C)c1ccc(CN(Cc2ccco2)OC(=O)Cn2c(=O)oc3cc(Cl)ccc32)cc1. The third-order valence-corrected chi connectivity index (χ3v) is 5.11. The van der Waals surface area contributed by atoms with E-state index in [1.54, 1.807) is 30.5 Å². The molecule has 2 aromatic carbocycles. The van der Waals surface area contributed by atoms with Crippen molar-refractivity contribution >= 4 is 34.4 Å². The smallest absolute Gasteiger partial charge is 0.420 e. The lowest BCUT2D eigenvalue weighted by Gasteiger charge is -2.21. The molecule has 0 radical (unpaired) electrons. The molecule has 0 atom stereocenters. The van der Waals surface area contributed by atoms with Crippen LogP contribution in [-0.4, -0.2) is 29.7 Å². The molecule has 0 aliphatic carbocycles. The van der Waals surface area contributed by atoms with Crippen LogP contribution in [0.25, 0.3) is 11.1 Å². The number of carbonyl (C=O) groups excluding carboxylic acids is 1. The lowest BCUT2D eigenvalue weighted by molar-refractivity contribution is -0.198. The van der Waals surface area contributed by atoms with Gasteiger partial charge in [0.2, 0.25) is 0 Å². The first-order valence-corrected chi connectivity index (χ1v) is 10.3. The predicted molar refractivity (Wildman–Crippen MR) is 120 cm³/mol. The minimum Gasteiger partial charge on any atom is -0.468 e. The number of fused-ring (bicyclic) bond motifs is 1. The maximum atomic E-state index is 12.7. The molecular weight excluding hydrogens is 434 g/mol. The van der Waals surface area contributed by atoms with Gasteiger partial charge in [-0.25, -0.2) is 9.59 Å². The lowest BCUT2D eigenvalue weighted by atomic mass is 10.2. The Labute approximate surface area is 189 Å². The minimum absolute atomic E-state index is 0.255. The molecule has 4 aromatic rings. The third kappa shape index (κ3) is 5.04. The molecule has 0 unspecified atom stereocenters. The molecule has 2 heterocycles. The van der Waals surface area contributed by atoms with Crippen LogP contribution >= 0.6 is 11.6 Å². The summed E-state index contributed by atoms with van der Waals surface area (Å²) >= 11 is 5.95. The molecule has 8 nitrogen and oxygen atoms in total. The highest BCUT2D eigenvalue weighted by Gasteiger charge is 2.19. The summed E-state index contributed by atoms with van der Waals surface area (Å²) < 4.78 is 11.8. The summed E-state index contributed by atoms with van der Waals surface area (Å²) in [5.74, 6) is -0.624. The van der Waals surface area contributed by atoms with E-state index in [0.717, 1.165) is 11.3 Å².